The fourth-order valence-electron chi connectivity index (χ4n) is 7.32. The highest BCUT2D eigenvalue weighted by Crippen LogP contribution is 2.42. The van der Waals surface area contributed by atoms with Gasteiger partial charge in [-0.3, -0.25) is 0 Å². The standard InChI is InChI=1S/C22H20F6O2.C15H19BF2O2.C7H3BrF4O2/c1-2-3-12-4-6-13(7-5-12)14-8-9-15(19(24)18(14)23)16-10-11-17(20(25)21(16)29)30-22(26,27)28;1-2-3-10-4-6-11(7-5-10)12-8-9-13(16(19)20)15(18)14(12)17;8-3-1-2-4(5(9)6(3)13)14-7(10,11)12/h6,8-12,29H,2-5,7H2,1H3;6,8-10,19-20H,2-5,7H2,1H3;1-2,13H. The number of allylic oxidation sites excluding steroid dienone is 4. The summed E-state index contributed by atoms with van der Waals surface area (Å²) in [6.07, 6.45) is 3.02. The van der Waals surface area contributed by atoms with Crippen molar-refractivity contribution in [1.29, 1.82) is 0 Å². The predicted molar refractivity (Wildman–Crippen MR) is 219 cm³/mol. The molecule has 0 fully saturated rings. The molecule has 0 heterocycles. The summed E-state index contributed by atoms with van der Waals surface area (Å²) >= 11 is 2.73. The van der Waals surface area contributed by atoms with Crippen molar-refractivity contribution in [3.05, 3.63) is 111 Å². The van der Waals surface area contributed by atoms with Gasteiger partial charge in [0.25, 0.3) is 0 Å². The SMILES string of the molecule is CCCC1CC=C(c2ccc(-c3ccc(OC(F)(F)F)c(F)c3O)c(F)c2F)CC1.CCCC1CC=C(c2ccc(B(O)O)c(F)c2F)CC1.Oc1c(Br)ccc(OC(F)(F)F)c1F. The number of alkyl halides is 6. The van der Waals surface area contributed by atoms with Crippen LogP contribution in [0.1, 0.15) is 89.2 Å². The highest BCUT2D eigenvalue weighted by atomic mass is 79.9. The number of phenolic OH excluding ortho intramolecular Hbond substituents is 2. The van der Waals surface area contributed by atoms with E-state index in [2.05, 4.69) is 39.3 Å². The molecule has 2 unspecified atom stereocenters. The van der Waals surface area contributed by atoms with E-state index in [0.717, 1.165) is 81.6 Å². The molecule has 0 radical (unpaired) electrons. The molecule has 2 aliphatic rings. The predicted octanol–water partition coefficient (Wildman–Crippen LogP) is 13.2. The minimum absolute atomic E-state index is 0.0514. The molecule has 4 aromatic carbocycles. The maximum Gasteiger partial charge on any atom is 0.573 e. The van der Waals surface area contributed by atoms with Crippen molar-refractivity contribution < 1.29 is 82.4 Å². The smallest absolute Gasteiger partial charge is 0.504 e. The van der Waals surface area contributed by atoms with Crippen LogP contribution in [0.3, 0.4) is 0 Å². The zero-order chi connectivity index (χ0) is 47.7. The Labute approximate surface area is 369 Å². The van der Waals surface area contributed by atoms with Crippen LogP contribution in [0.15, 0.2) is 65.2 Å². The summed E-state index contributed by atoms with van der Waals surface area (Å²) in [7, 11) is -1.99. The fraction of sp³-hybridized carbons (Fsp3) is 0.364. The van der Waals surface area contributed by atoms with Crippen molar-refractivity contribution in [2.75, 3.05) is 0 Å². The topological polar surface area (TPSA) is 99.4 Å². The van der Waals surface area contributed by atoms with Gasteiger partial charge in [0.2, 0.25) is 11.6 Å². The van der Waals surface area contributed by atoms with Gasteiger partial charge in [-0.2, -0.15) is 8.78 Å². The Bertz CT molecular complexity index is 2320. The molecule has 4 aromatic rings. The van der Waals surface area contributed by atoms with Gasteiger partial charge in [0, 0.05) is 27.7 Å². The second kappa shape index (κ2) is 22.4. The zero-order valence-corrected chi connectivity index (χ0v) is 35.7. The second-order valence-corrected chi connectivity index (χ2v) is 15.7. The normalized spacial score (nSPS) is 16.4. The van der Waals surface area contributed by atoms with Crippen LogP contribution >= 0.6 is 15.9 Å². The summed E-state index contributed by atoms with van der Waals surface area (Å²) in [4.78, 5) is 0. The summed E-state index contributed by atoms with van der Waals surface area (Å²) in [5.74, 6) is -11.2. The largest absolute Gasteiger partial charge is 0.573 e. The van der Waals surface area contributed by atoms with E-state index in [1.165, 1.54) is 24.3 Å². The monoisotopic (exact) mass is 984 g/mol. The van der Waals surface area contributed by atoms with Gasteiger partial charge in [-0.1, -0.05) is 75.9 Å². The molecule has 20 heteroatoms. The third kappa shape index (κ3) is 13.6. The molecule has 64 heavy (non-hydrogen) atoms. The van der Waals surface area contributed by atoms with E-state index in [1.807, 2.05) is 12.2 Å². The Hall–Kier alpha value is -4.82. The summed E-state index contributed by atoms with van der Waals surface area (Å²) in [5, 5.41) is 36.8. The van der Waals surface area contributed by atoms with Crippen molar-refractivity contribution in [2.45, 2.75) is 90.8 Å². The number of phenols is 2. The maximum absolute atomic E-state index is 14.7. The Morgan fingerprint density at radius 2 is 0.969 bits per heavy atom. The Morgan fingerprint density at radius 1 is 0.562 bits per heavy atom. The third-order valence-electron chi connectivity index (χ3n) is 10.5. The first-order valence-corrected chi connectivity index (χ1v) is 20.7. The van der Waals surface area contributed by atoms with Crippen molar-refractivity contribution in [1.82, 2.24) is 0 Å². The number of benzene rings is 4. The van der Waals surface area contributed by atoms with E-state index in [1.54, 1.807) is 0 Å². The second-order valence-electron chi connectivity index (χ2n) is 14.9. The lowest BCUT2D eigenvalue weighted by Crippen LogP contribution is -2.33. The van der Waals surface area contributed by atoms with Crippen LogP contribution in [0.2, 0.25) is 0 Å². The van der Waals surface area contributed by atoms with Crippen LogP contribution in [-0.4, -0.2) is 40.1 Å². The number of aromatic hydroxyl groups is 2. The lowest BCUT2D eigenvalue weighted by Gasteiger charge is -2.22. The van der Waals surface area contributed by atoms with Gasteiger partial charge in [-0.15, -0.1) is 26.3 Å². The molecule has 6 nitrogen and oxygen atoms in total. The molecule has 0 aliphatic heterocycles. The number of halogens is 13. The lowest BCUT2D eigenvalue weighted by molar-refractivity contribution is -0.276. The molecule has 0 spiro atoms. The van der Waals surface area contributed by atoms with Crippen LogP contribution in [0.4, 0.5) is 52.7 Å². The number of hydrogen-bond donors (Lipinski definition) is 4. The molecule has 0 bridgehead atoms. The van der Waals surface area contributed by atoms with Gasteiger partial charge in [0.05, 0.1) is 4.47 Å². The Morgan fingerprint density at radius 3 is 1.41 bits per heavy atom. The summed E-state index contributed by atoms with van der Waals surface area (Å²) < 4.78 is 163. The highest BCUT2D eigenvalue weighted by Gasteiger charge is 2.35. The Balaban J connectivity index is 0.000000228. The number of ether oxygens (including phenoxy) is 2. The Kier molecular flexibility index (Phi) is 18.1. The molecule has 2 atom stereocenters. The van der Waals surface area contributed by atoms with Crippen LogP contribution in [0.25, 0.3) is 22.3 Å². The molecule has 0 amide bonds. The van der Waals surface area contributed by atoms with E-state index >= 15 is 0 Å². The van der Waals surface area contributed by atoms with Crippen LogP contribution < -0.4 is 14.9 Å². The van der Waals surface area contributed by atoms with E-state index in [0.29, 0.717) is 29.9 Å². The van der Waals surface area contributed by atoms with Gasteiger partial charge in [-0.25, -0.2) is 17.6 Å². The van der Waals surface area contributed by atoms with Gasteiger partial charge in [-0.05, 0) is 102 Å². The fourth-order valence-corrected chi connectivity index (χ4v) is 7.62. The van der Waals surface area contributed by atoms with Gasteiger partial charge in [0.15, 0.2) is 46.3 Å². The minimum atomic E-state index is -5.17. The first-order valence-electron chi connectivity index (χ1n) is 19.9. The van der Waals surface area contributed by atoms with Gasteiger partial charge in [0.1, 0.15) is 0 Å². The molecule has 2 aliphatic carbocycles. The average molecular weight is 986 g/mol. The van der Waals surface area contributed by atoms with Crippen LogP contribution in [0.5, 0.6) is 23.0 Å². The van der Waals surface area contributed by atoms with Gasteiger partial charge < -0.3 is 29.7 Å². The van der Waals surface area contributed by atoms with Crippen LogP contribution in [-0.2, 0) is 0 Å². The zero-order valence-electron chi connectivity index (χ0n) is 34.1. The molecule has 6 rings (SSSR count). The molecular formula is C44H42BBrF12O6. The lowest BCUT2D eigenvalue weighted by atomic mass is 9.78. The molecule has 4 N–H and O–H groups in total. The molecule has 0 saturated heterocycles. The van der Waals surface area contributed by atoms with Crippen molar-refractivity contribution in [3.63, 3.8) is 0 Å². The number of hydrogen-bond acceptors (Lipinski definition) is 6. The molecule has 0 aromatic heterocycles. The molecule has 348 valence electrons. The first-order chi connectivity index (χ1) is 30.0. The van der Waals surface area contributed by atoms with Gasteiger partial charge >= 0.3 is 19.8 Å². The van der Waals surface area contributed by atoms with Crippen LogP contribution in [0, 0.1) is 46.7 Å². The highest BCUT2D eigenvalue weighted by molar-refractivity contribution is 9.10. The molecule has 0 saturated carbocycles. The summed E-state index contributed by atoms with van der Waals surface area (Å²) in [5.41, 5.74) is 0.441. The quantitative estimate of drug-likeness (QED) is 0.0933. The van der Waals surface area contributed by atoms with Crippen molar-refractivity contribution in [2.24, 2.45) is 11.8 Å². The number of rotatable bonds is 10. The van der Waals surface area contributed by atoms with Crippen molar-refractivity contribution >= 4 is 39.7 Å². The van der Waals surface area contributed by atoms with E-state index in [4.69, 9.17) is 15.2 Å². The third-order valence-corrected chi connectivity index (χ3v) is 11.1. The maximum atomic E-state index is 14.7. The minimum Gasteiger partial charge on any atom is -0.504 e. The molecular weight excluding hydrogens is 943 g/mol. The first kappa shape index (κ1) is 51.8. The average Bonchev–Trinajstić information content (AvgIpc) is 3.23. The van der Waals surface area contributed by atoms with E-state index in [9.17, 15) is 57.8 Å². The van der Waals surface area contributed by atoms with Crippen molar-refractivity contribution in [3.8, 4) is 34.1 Å². The summed E-state index contributed by atoms with van der Waals surface area (Å²) in [6.45, 7) is 4.24. The van der Waals surface area contributed by atoms with E-state index < -0.39 is 94.3 Å². The summed E-state index contributed by atoms with van der Waals surface area (Å²) in [6, 6.07) is 8.40. The van der Waals surface area contributed by atoms with E-state index in [-0.39, 0.29) is 15.6 Å².